The van der Waals surface area contributed by atoms with E-state index < -0.39 is 10.2 Å². The predicted octanol–water partition coefficient (Wildman–Crippen LogP) is -1.24. The Morgan fingerprint density at radius 3 is 2.87 bits per heavy atom. The van der Waals surface area contributed by atoms with E-state index in [1.54, 1.807) is 0 Å². The first kappa shape index (κ1) is 12.9. The van der Waals surface area contributed by atoms with Gasteiger partial charge < -0.3 is 10.1 Å². The van der Waals surface area contributed by atoms with E-state index in [-0.39, 0.29) is 6.10 Å². The van der Waals surface area contributed by atoms with Gasteiger partial charge in [-0.15, -0.1) is 0 Å². The van der Waals surface area contributed by atoms with E-state index in [0.717, 1.165) is 23.8 Å². The molecule has 7 heteroatoms. The summed E-state index contributed by atoms with van der Waals surface area (Å²) < 4.78 is 31.9. The van der Waals surface area contributed by atoms with Crippen LogP contribution in [-0.2, 0) is 14.9 Å². The third-order valence-corrected chi connectivity index (χ3v) is 3.74. The molecule has 0 aromatic rings. The number of rotatable bonds is 4. The zero-order valence-corrected chi connectivity index (χ0v) is 10.0. The molecule has 0 radical (unpaired) electrons. The molecule has 1 unspecified atom stereocenters. The van der Waals surface area contributed by atoms with Gasteiger partial charge in [0.1, 0.15) is 0 Å². The van der Waals surface area contributed by atoms with Gasteiger partial charge in [-0.05, 0) is 13.0 Å². The molecule has 0 bridgehead atoms. The topological polar surface area (TPSA) is 70.7 Å². The van der Waals surface area contributed by atoms with Crippen molar-refractivity contribution in [2.24, 2.45) is 0 Å². The molecule has 0 aromatic carbocycles. The van der Waals surface area contributed by atoms with Gasteiger partial charge in [-0.3, -0.25) is 0 Å². The Labute approximate surface area is 91.2 Å². The minimum absolute atomic E-state index is 0.0327. The predicted molar refractivity (Wildman–Crippen MR) is 57.8 cm³/mol. The van der Waals surface area contributed by atoms with Crippen molar-refractivity contribution in [2.45, 2.75) is 12.5 Å². The third-order valence-electron chi connectivity index (χ3n) is 2.25. The first-order chi connectivity index (χ1) is 7.02. The van der Waals surface area contributed by atoms with Gasteiger partial charge in [-0.2, -0.15) is 17.4 Å². The molecule has 90 valence electrons. The normalized spacial score (nSPS) is 24.1. The van der Waals surface area contributed by atoms with Gasteiger partial charge in [0, 0.05) is 27.2 Å². The summed E-state index contributed by atoms with van der Waals surface area (Å²) in [6.45, 7) is 2.67. The number of ether oxygens (including phenoxy) is 1. The van der Waals surface area contributed by atoms with E-state index in [2.05, 4.69) is 10.0 Å². The zero-order valence-electron chi connectivity index (χ0n) is 9.19. The van der Waals surface area contributed by atoms with E-state index in [0.29, 0.717) is 13.2 Å². The number of nitrogens with zero attached hydrogens (tertiary/aromatic N) is 1. The molecule has 1 rings (SSSR count). The maximum atomic E-state index is 11.4. The fourth-order valence-electron chi connectivity index (χ4n) is 1.26. The first-order valence-electron chi connectivity index (χ1n) is 5.02. The summed E-state index contributed by atoms with van der Waals surface area (Å²) in [5.74, 6) is 0. The standard InChI is InChI=1S/C8H19N3O3S/c1-11(2)15(12,13)10-7-8-3-4-9-5-6-14-8/h8-10H,3-7H2,1-2H3. The van der Waals surface area contributed by atoms with Crippen LogP contribution in [0.4, 0.5) is 0 Å². The molecule has 0 aromatic heterocycles. The second kappa shape index (κ2) is 5.76. The van der Waals surface area contributed by atoms with Gasteiger partial charge in [-0.25, -0.2) is 0 Å². The Hall–Kier alpha value is -0.210. The molecule has 0 aliphatic carbocycles. The van der Waals surface area contributed by atoms with Crippen LogP contribution in [0.15, 0.2) is 0 Å². The van der Waals surface area contributed by atoms with E-state index in [4.69, 9.17) is 4.74 Å². The Balaban J connectivity index is 2.35. The lowest BCUT2D eigenvalue weighted by Gasteiger charge is -2.17. The Bertz CT molecular complexity index is 271. The van der Waals surface area contributed by atoms with E-state index in [1.807, 2.05) is 0 Å². The molecule has 0 saturated carbocycles. The summed E-state index contributed by atoms with van der Waals surface area (Å²) >= 11 is 0. The van der Waals surface area contributed by atoms with Crippen LogP contribution in [0.3, 0.4) is 0 Å². The molecule has 1 atom stereocenters. The van der Waals surface area contributed by atoms with Crippen LogP contribution in [0, 0.1) is 0 Å². The molecule has 1 aliphatic rings. The summed E-state index contributed by atoms with van der Waals surface area (Å²) in [5.41, 5.74) is 0. The quantitative estimate of drug-likeness (QED) is 0.642. The maximum absolute atomic E-state index is 11.4. The zero-order chi connectivity index (χ0) is 11.3. The van der Waals surface area contributed by atoms with Gasteiger partial charge in [0.05, 0.1) is 12.7 Å². The van der Waals surface area contributed by atoms with Crippen LogP contribution in [-0.4, -0.2) is 59.2 Å². The maximum Gasteiger partial charge on any atom is 0.279 e. The van der Waals surface area contributed by atoms with Crippen molar-refractivity contribution in [3.05, 3.63) is 0 Å². The SMILES string of the molecule is CN(C)S(=O)(=O)NCC1CCNCCO1. The van der Waals surface area contributed by atoms with E-state index in [9.17, 15) is 8.42 Å². The second-order valence-electron chi connectivity index (χ2n) is 3.67. The number of hydrogen-bond donors (Lipinski definition) is 2. The summed E-state index contributed by atoms with van der Waals surface area (Å²) in [6.07, 6.45) is 0.797. The highest BCUT2D eigenvalue weighted by Crippen LogP contribution is 2.00. The van der Waals surface area contributed by atoms with Crippen LogP contribution < -0.4 is 10.0 Å². The summed E-state index contributed by atoms with van der Waals surface area (Å²) in [5, 5.41) is 3.18. The van der Waals surface area contributed by atoms with Crippen LogP contribution in [0.1, 0.15) is 6.42 Å². The average Bonchev–Trinajstić information content (AvgIpc) is 2.42. The second-order valence-corrected chi connectivity index (χ2v) is 5.64. The minimum atomic E-state index is -3.33. The molecule has 1 heterocycles. The molecule has 1 fully saturated rings. The van der Waals surface area contributed by atoms with Crippen LogP contribution in [0.5, 0.6) is 0 Å². The summed E-state index contributed by atoms with van der Waals surface area (Å²) in [7, 11) is -0.331. The van der Waals surface area contributed by atoms with Crippen molar-refractivity contribution in [2.75, 3.05) is 40.3 Å². The van der Waals surface area contributed by atoms with Crippen LogP contribution >= 0.6 is 0 Å². The van der Waals surface area contributed by atoms with Crippen molar-refractivity contribution in [3.63, 3.8) is 0 Å². The fraction of sp³-hybridized carbons (Fsp3) is 1.00. The molecule has 2 N–H and O–H groups in total. The number of nitrogens with one attached hydrogen (secondary N) is 2. The highest BCUT2D eigenvalue weighted by Gasteiger charge is 2.17. The molecular formula is C8H19N3O3S. The molecule has 6 nitrogen and oxygen atoms in total. The molecule has 1 saturated heterocycles. The smallest absolute Gasteiger partial charge is 0.279 e. The molecule has 1 aliphatic heterocycles. The van der Waals surface area contributed by atoms with E-state index >= 15 is 0 Å². The fourth-order valence-corrected chi connectivity index (χ4v) is 1.91. The lowest BCUT2D eigenvalue weighted by Crippen LogP contribution is -2.40. The molecule has 0 spiro atoms. The third kappa shape index (κ3) is 4.43. The highest BCUT2D eigenvalue weighted by molar-refractivity contribution is 7.87. The van der Waals surface area contributed by atoms with Crippen molar-refractivity contribution in [1.82, 2.24) is 14.3 Å². The van der Waals surface area contributed by atoms with Crippen LogP contribution in [0.2, 0.25) is 0 Å². The van der Waals surface area contributed by atoms with Crippen molar-refractivity contribution in [3.8, 4) is 0 Å². The van der Waals surface area contributed by atoms with Crippen molar-refractivity contribution < 1.29 is 13.2 Å². The largest absolute Gasteiger partial charge is 0.375 e. The summed E-state index contributed by atoms with van der Waals surface area (Å²) in [4.78, 5) is 0. The first-order valence-corrected chi connectivity index (χ1v) is 6.46. The van der Waals surface area contributed by atoms with Gasteiger partial charge in [-0.1, -0.05) is 0 Å². The lowest BCUT2D eigenvalue weighted by atomic mass is 10.2. The Kier molecular flexibility index (Phi) is 4.94. The monoisotopic (exact) mass is 237 g/mol. The molecular weight excluding hydrogens is 218 g/mol. The van der Waals surface area contributed by atoms with E-state index in [1.165, 1.54) is 14.1 Å². The van der Waals surface area contributed by atoms with Gasteiger partial charge in [0.15, 0.2) is 0 Å². The van der Waals surface area contributed by atoms with Crippen molar-refractivity contribution >= 4 is 10.2 Å². The number of hydrogen-bond acceptors (Lipinski definition) is 4. The van der Waals surface area contributed by atoms with Gasteiger partial charge in [0.2, 0.25) is 0 Å². The molecule has 15 heavy (non-hydrogen) atoms. The van der Waals surface area contributed by atoms with Gasteiger partial charge in [0.25, 0.3) is 10.2 Å². The highest BCUT2D eigenvalue weighted by atomic mass is 32.2. The van der Waals surface area contributed by atoms with Gasteiger partial charge >= 0.3 is 0 Å². The summed E-state index contributed by atoms with van der Waals surface area (Å²) in [6, 6.07) is 0. The van der Waals surface area contributed by atoms with Crippen molar-refractivity contribution in [1.29, 1.82) is 0 Å². The Morgan fingerprint density at radius 2 is 2.20 bits per heavy atom. The minimum Gasteiger partial charge on any atom is -0.375 e. The molecule has 0 amide bonds. The Morgan fingerprint density at radius 1 is 1.47 bits per heavy atom. The van der Waals surface area contributed by atoms with Crippen LogP contribution in [0.25, 0.3) is 0 Å². The lowest BCUT2D eigenvalue weighted by molar-refractivity contribution is 0.0682. The average molecular weight is 237 g/mol.